The molecule has 3 rings (SSSR count). The second-order valence-corrected chi connectivity index (χ2v) is 7.66. The average Bonchev–Trinajstić information content (AvgIpc) is 3.30. The van der Waals surface area contributed by atoms with Crippen molar-refractivity contribution in [1.82, 2.24) is 10.2 Å². The monoisotopic (exact) mass is 371 g/mol. The summed E-state index contributed by atoms with van der Waals surface area (Å²) in [4.78, 5) is 39.1. The van der Waals surface area contributed by atoms with Crippen LogP contribution >= 0.6 is 0 Å². The third kappa shape index (κ3) is 4.49. The molecule has 0 bridgehead atoms. The molecule has 3 amide bonds. The van der Waals surface area contributed by atoms with Crippen molar-refractivity contribution in [2.24, 2.45) is 5.92 Å². The van der Waals surface area contributed by atoms with Crippen LogP contribution in [0.3, 0.4) is 0 Å². The van der Waals surface area contributed by atoms with Gasteiger partial charge in [0.05, 0.1) is 5.92 Å². The number of nitrogens with zero attached hydrogens (tertiary/aromatic N) is 1. The van der Waals surface area contributed by atoms with Crippen molar-refractivity contribution in [2.45, 2.75) is 58.4 Å². The Labute approximate surface area is 160 Å². The Bertz CT molecular complexity index is 725. The molecule has 1 saturated carbocycles. The molecule has 2 fully saturated rings. The molecule has 2 N–H and O–H groups in total. The number of rotatable bonds is 6. The summed E-state index contributed by atoms with van der Waals surface area (Å²) in [6.07, 6.45) is 5.57. The number of likely N-dealkylation sites (tertiary alicyclic amines) is 1. The summed E-state index contributed by atoms with van der Waals surface area (Å²) < 4.78 is 0. The van der Waals surface area contributed by atoms with E-state index in [1.807, 2.05) is 24.8 Å². The summed E-state index contributed by atoms with van der Waals surface area (Å²) >= 11 is 0. The first-order valence-electron chi connectivity index (χ1n) is 9.98. The van der Waals surface area contributed by atoms with Gasteiger partial charge < -0.3 is 15.5 Å². The summed E-state index contributed by atoms with van der Waals surface area (Å²) in [5.74, 6) is -0.518. The van der Waals surface area contributed by atoms with Crippen molar-refractivity contribution in [3.8, 4) is 0 Å². The normalized spacial score (nSPS) is 20.1. The number of carbonyl (C=O) groups excluding carboxylic acids is 3. The van der Waals surface area contributed by atoms with Gasteiger partial charge in [0.2, 0.25) is 11.8 Å². The maximum atomic E-state index is 12.7. The van der Waals surface area contributed by atoms with E-state index in [2.05, 4.69) is 10.6 Å². The number of benzene rings is 1. The van der Waals surface area contributed by atoms with Crippen LogP contribution in [0, 0.1) is 12.8 Å². The van der Waals surface area contributed by atoms with E-state index in [-0.39, 0.29) is 30.1 Å². The Morgan fingerprint density at radius 2 is 1.96 bits per heavy atom. The van der Waals surface area contributed by atoms with Crippen molar-refractivity contribution in [2.75, 3.05) is 18.4 Å². The first-order chi connectivity index (χ1) is 13.0. The summed E-state index contributed by atoms with van der Waals surface area (Å²) in [7, 11) is 0. The molecule has 0 spiro atoms. The third-order valence-electron chi connectivity index (χ3n) is 5.59. The van der Waals surface area contributed by atoms with Gasteiger partial charge in [0.1, 0.15) is 0 Å². The van der Waals surface area contributed by atoms with E-state index < -0.39 is 0 Å². The van der Waals surface area contributed by atoms with Gasteiger partial charge in [0.25, 0.3) is 5.91 Å². The van der Waals surface area contributed by atoms with Crippen molar-refractivity contribution in [1.29, 1.82) is 0 Å². The van der Waals surface area contributed by atoms with Gasteiger partial charge in [-0.2, -0.15) is 0 Å². The molecule has 1 heterocycles. The molecule has 1 aromatic rings. The maximum Gasteiger partial charge on any atom is 0.251 e. The van der Waals surface area contributed by atoms with Gasteiger partial charge in [-0.1, -0.05) is 25.8 Å². The second-order valence-electron chi connectivity index (χ2n) is 7.66. The highest BCUT2D eigenvalue weighted by atomic mass is 16.2. The van der Waals surface area contributed by atoms with E-state index in [0.29, 0.717) is 30.4 Å². The zero-order chi connectivity index (χ0) is 19.4. The van der Waals surface area contributed by atoms with Crippen LogP contribution in [-0.2, 0) is 9.59 Å². The fourth-order valence-corrected chi connectivity index (χ4v) is 3.95. The Morgan fingerprint density at radius 3 is 2.67 bits per heavy atom. The van der Waals surface area contributed by atoms with Gasteiger partial charge in [0.15, 0.2) is 0 Å². The third-order valence-corrected chi connectivity index (χ3v) is 5.59. The predicted octanol–water partition coefficient (Wildman–Crippen LogP) is 2.86. The van der Waals surface area contributed by atoms with E-state index >= 15 is 0 Å². The Hall–Kier alpha value is -2.37. The zero-order valence-corrected chi connectivity index (χ0v) is 16.2. The van der Waals surface area contributed by atoms with E-state index in [0.717, 1.165) is 37.7 Å². The molecule has 6 heteroatoms. The minimum atomic E-state index is -0.324. The van der Waals surface area contributed by atoms with Crippen LogP contribution in [0.25, 0.3) is 0 Å². The lowest BCUT2D eigenvalue weighted by Gasteiger charge is -2.24. The maximum absolute atomic E-state index is 12.7. The lowest BCUT2D eigenvalue weighted by Crippen LogP contribution is -2.35. The molecular weight excluding hydrogens is 342 g/mol. The molecule has 146 valence electrons. The number of anilines is 1. The molecule has 0 aromatic heterocycles. The SMILES string of the molecule is CCCNC(=O)c1ccc(C)c(NC(=O)C2CC(=O)N(C3CCCC3)C2)c1. The number of nitrogens with one attached hydrogen (secondary N) is 2. The molecular formula is C21H29N3O3. The van der Waals surface area contributed by atoms with Crippen LogP contribution < -0.4 is 10.6 Å². The van der Waals surface area contributed by atoms with Crippen molar-refractivity contribution in [3.05, 3.63) is 29.3 Å². The van der Waals surface area contributed by atoms with Gasteiger partial charge in [-0.05, 0) is 43.9 Å². The fraction of sp³-hybridized carbons (Fsp3) is 0.571. The molecule has 1 saturated heterocycles. The van der Waals surface area contributed by atoms with Gasteiger partial charge >= 0.3 is 0 Å². The quantitative estimate of drug-likeness (QED) is 0.807. The van der Waals surface area contributed by atoms with E-state index in [1.54, 1.807) is 12.1 Å². The topological polar surface area (TPSA) is 78.5 Å². The number of hydrogen-bond donors (Lipinski definition) is 2. The highest BCUT2D eigenvalue weighted by Crippen LogP contribution is 2.30. The van der Waals surface area contributed by atoms with Crippen LogP contribution in [0.15, 0.2) is 18.2 Å². The van der Waals surface area contributed by atoms with E-state index in [1.165, 1.54) is 0 Å². The molecule has 1 atom stereocenters. The van der Waals surface area contributed by atoms with Gasteiger partial charge in [0, 0.05) is 36.8 Å². The highest BCUT2D eigenvalue weighted by Gasteiger charge is 2.38. The molecule has 27 heavy (non-hydrogen) atoms. The fourth-order valence-electron chi connectivity index (χ4n) is 3.95. The largest absolute Gasteiger partial charge is 0.352 e. The van der Waals surface area contributed by atoms with Crippen molar-refractivity contribution >= 4 is 23.4 Å². The lowest BCUT2D eigenvalue weighted by atomic mass is 10.1. The Balaban J connectivity index is 1.65. The first kappa shape index (κ1) is 19.4. The average molecular weight is 371 g/mol. The van der Waals surface area contributed by atoms with Crippen LogP contribution in [0.5, 0.6) is 0 Å². The van der Waals surface area contributed by atoms with Crippen LogP contribution in [0.4, 0.5) is 5.69 Å². The molecule has 1 aromatic carbocycles. The van der Waals surface area contributed by atoms with Crippen LogP contribution in [0.2, 0.25) is 0 Å². The molecule has 1 unspecified atom stereocenters. The molecule has 2 aliphatic rings. The standard InChI is InChI=1S/C21H29N3O3/c1-3-10-22-20(26)15-9-8-14(2)18(11-15)23-21(27)16-12-19(25)24(13-16)17-6-4-5-7-17/h8-9,11,16-17H,3-7,10,12-13H2,1-2H3,(H,22,26)(H,23,27). The van der Waals surface area contributed by atoms with Gasteiger partial charge in [-0.25, -0.2) is 0 Å². The Kier molecular flexibility index (Phi) is 6.14. The smallest absolute Gasteiger partial charge is 0.251 e. The first-order valence-corrected chi connectivity index (χ1v) is 9.98. The van der Waals surface area contributed by atoms with Crippen molar-refractivity contribution in [3.63, 3.8) is 0 Å². The number of carbonyl (C=O) groups is 3. The predicted molar refractivity (Wildman–Crippen MR) is 105 cm³/mol. The van der Waals surface area contributed by atoms with Crippen LogP contribution in [-0.4, -0.2) is 41.8 Å². The molecule has 6 nitrogen and oxygen atoms in total. The molecule has 1 aliphatic carbocycles. The minimum Gasteiger partial charge on any atom is -0.352 e. The van der Waals surface area contributed by atoms with E-state index in [4.69, 9.17) is 0 Å². The second kappa shape index (κ2) is 8.55. The molecule has 1 aliphatic heterocycles. The van der Waals surface area contributed by atoms with Crippen LogP contribution in [0.1, 0.15) is 61.4 Å². The highest BCUT2D eigenvalue weighted by molar-refractivity contribution is 6.00. The summed E-state index contributed by atoms with van der Waals surface area (Å²) in [5, 5.41) is 5.78. The summed E-state index contributed by atoms with van der Waals surface area (Å²) in [6.45, 7) is 5.02. The lowest BCUT2D eigenvalue weighted by molar-refractivity contribution is -0.129. The number of aryl methyl sites for hydroxylation is 1. The van der Waals surface area contributed by atoms with Gasteiger partial charge in [-0.15, -0.1) is 0 Å². The molecule has 0 radical (unpaired) electrons. The van der Waals surface area contributed by atoms with E-state index in [9.17, 15) is 14.4 Å². The number of amides is 3. The minimum absolute atomic E-state index is 0.0893. The zero-order valence-electron chi connectivity index (χ0n) is 16.2. The van der Waals surface area contributed by atoms with Crippen molar-refractivity contribution < 1.29 is 14.4 Å². The summed E-state index contributed by atoms with van der Waals surface area (Å²) in [6, 6.07) is 5.62. The Morgan fingerprint density at radius 1 is 1.22 bits per heavy atom. The van der Waals surface area contributed by atoms with Gasteiger partial charge in [-0.3, -0.25) is 14.4 Å². The summed E-state index contributed by atoms with van der Waals surface area (Å²) in [5.41, 5.74) is 2.06. The number of hydrogen-bond acceptors (Lipinski definition) is 3.